The number of nitrogens with one attached hydrogen (secondary N) is 1. The van der Waals surface area contributed by atoms with Crippen molar-refractivity contribution in [3.8, 4) is 11.5 Å². The van der Waals surface area contributed by atoms with Crippen LogP contribution in [0.4, 0.5) is 21.6 Å². The molecular weight excluding hydrogens is 507 g/mol. The molecule has 1 aromatic heterocycles. The van der Waals surface area contributed by atoms with E-state index in [1.807, 2.05) is 6.07 Å². The van der Waals surface area contributed by atoms with Crippen molar-refractivity contribution in [1.82, 2.24) is 9.97 Å². The minimum atomic E-state index is -0.412. The molecule has 6 rings (SSSR count). The number of hydrogen-bond donors (Lipinski definition) is 1. The first-order chi connectivity index (χ1) is 17.6. The molecule has 3 saturated heterocycles. The van der Waals surface area contributed by atoms with Crippen LogP contribution in [0.5, 0.6) is 11.5 Å². The molecule has 1 N–H and O–H groups in total. The highest BCUT2D eigenvalue weighted by atomic mass is 35.5. The number of methoxy groups -OCH3 is 1. The Balaban J connectivity index is 1.36. The van der Waals surface area contributed by atoms with Crippen LogP contribution in [-0.4, -0.2) is 60.1 Å². The maximum absolute atomic E-state index is 14.2. The molecule has 3 atom stereocenters. The summed E-state index contributed by atoms with van der Waals surface area (Å²) >= 11 is 6.84. The summed E-state index contributed by atoms with van der Waals surface area (Å²) in [6, 6.07) is 6.20. The summed E-state index contributed by atoms with van der Waals surface area (Å²) in [4.78, 5) is 8.87. The fourth-order valence-electron chi connectivity index (χ4n) is 4.89. The molecule has 0 spiro atoms. The Hall–Kier alpha value is -2.53. The zero-order chi connectivity index (χ0) is 24.6. The fraction of sp³-hybridized carbons (Fsp3) is 0.440. The summed E-state index contributed by atoms with van der Waals surface area (Å²) in [6.45, 7) is 1.02. The van der Waals surface area contributed by atoms with Crippen molar-refractivity contribution in [3.05, 3.63) is 41.4 Å². The summed E-state index contributed by atoms with van der Waals surface area (Å²) in [7, 11) is 1.54. The molecule has 3 fully saturated rings. The molecular formula is C25H26ClFN4O4S. The largest absolute Gasteiger partial charge is 0.493 e. The number of halogens is 2. The van der Waals surface area contributed by atoms with E-state index in [9.17, 15) is 4.39 Å². The van der Waals surface area contributed by atoms with Crippen molar-refractivity contribution in [2.24, 2.45) is 4.36 Å². The van der Waals surface area contributed by atoms with Gasteiger partial charge in [0.25, 0.3) is 0 Å². The molecule has 190 valence electrons. The van der Waals surface area contributed by atoms with Crippen molar-refractivity contribution < 1.29 is 23.3 Å². The minimum Gasteiger partial charge on any atom is -0.493 e. The third-order valence-corrected chi connectivity index (χ3v) is 8.97. The molecule has 4 heterocycles. The maximum atomic E-state index is 14.2. The number of aromatic nitrogens is 2. The lowest BCUT2D eigenvalue weighted by atomic mass is 10.1. The normalized spacial score (nSPS) is 23.7. The van der Waals surface area contributed by atoms with E-state index < -0.39 is 5.82 Å². The van der Waals surface area contributed by atoms with E-state index in [0.29, 0.717) is 57.8 Å². The molecule has 0 radical (unpaired) electrons. The summed E-state index contributed by atoms with van der Waals surface area (Å²) in [5.41, 5.74) is 1.87. The number of fused-ring (bicyclic) bond motifs is 2. The minimum absolute atomic E-state index is 0.0153. The Morgan fingerprint density at radius 2 is 2.06 bits per heavy atom. The molecule has 3 aliphatic heterocycles. The van der Waals surface area contributed by atoms with Gasteiger partial charge in [0.05, 0.1) is 41.4 Å². The van der Waals surface area contributed by atoms with Gasteiger partial charge in [0.2, 0.25) is 0 Å². The van der Waals surface area contributed by atoms with Crippen LogP contribution in [0.1, 0.15) is 19.3 Å². The third-order valence-electron chi connectivity index (χ3n) is 6.64. The summed E-state index contributed by atoms with van der Waals surface area (Å²) in [6.07, 6.45) is 4.20. The van der Waals surface area contributed by atoms with Gasteiger partial charge >= 0.3 is 0 Å². The number of rotatable bonds is 6. The predicted octanol–water partition coefficient (Wildman–Crippen LogP) is 5.34. The second-order valence-corrected chi connectivity index (χ2v) is 11.2. The number of hydrogen-bond acceptors (Lipinski definition) is 8. The lowest BCUT2D eigenvalue weighted by Gasteiger charge is -2.21. The van der Waals surface area contributed by atoms with E-state index in [0.717, 1.165) is 17.9 Å². The van der Waals surface area contributed by atoms with Gasteiger partial charge in [-0.1, -0.05) is 22.3 Å². The SMILES string of the molecule is COc1c(N=S2CCCC2)cc2ncnc(Nc3ccc(F)cc3OC3CO[C@@H]4CCO[C@H]34)c2c1Cl. The fourth-order valence-corrected chi connectivity index (χ4v) is 7.13. The zero-order valence-corrected chi connectivity index (χ0v) is 21.3. The maximum Gasteiger partial charge on any atom is 0.164 e. The average molecular weight is 533 g/mol. The molecule has 1 unspecified atom stereocenters. The van der Waals surface area contributed by atoms with Crippen molar-refractivity contribution in [1.29, 1.82) is 0 Å². The smallest absolute Gasteiger partial charge is 0.164 e. The van der Waals surface area contributed by atoms with E-state index in [4.69, 9.17) is 34.9 Å². The van der Waals surface area contributed by atoms with E-state index >= 15 is 0 Å². The van der Waals surface area contributed by atoms with Crippen LogP contribution in [0.3, 0.4) is 0 Å². The second kappa shape index (κ2) is 10.1. The van der Waals surface area contributed by atoms with E-state index in [-0.39, 0.29) is 29.0 Å². The highest BCUT2D eigenvalue weighted by Crippen LogP contribution is 2.44. The van der Waals surface area contributed by atoms with Crippen molar-refractivity contribution in [3.63, 3.8) is 0 Å². The van der Waals surface area contributed by atoms with Crippen LogP contribution in [0.15, 0.2) is 35.0 Å². The first-order valence-corrected chi connectivity index (χ1v) is 13.9. The molecule has 0 bridgehead atoms. The summed E-state index contributed by atoms with van der Waals surface area (Å²) < 4.78 is 42.5. The zero-order valence-electron chi connectivity index (χ0n) is 19.7. The van der Waals surface area contributed by atoms with Crippen LogP contribution in [0.25, 0.3) is 10.9 Å². The van der Waals surface area contributed by atoms with Crippen LogP contribution >= 0.6 is 11.6 Å². The molecule has 36 heavy (non-hydrogen) atoms. The number of anilines is 2. The van der Waals surface area contributed by atoms with Gasteiger partial charge in [-0.25, -0.2) is 18.7 Å². The van der Waals surface area contributed by atoms with Gasteiger partial charge in [-0.2, -0.15) is 0 Å². The summed E-state index contributed by atoms with van der Waals surface area (Å²) in [5.74, 6) is 3.04. The van der Waals surface area contributed by atoms with Gasteiger partial charge in [-0.3, -0.25) is 0 Å². The topological polar surface area (TPSA) is 87.1 Å². The Labute approximate surface area is 215 Å². The van der Waals surface area contributed by atoms with Crippen LogP contribution in [0, 0.1) is 5.82 Å². The highest BCUT2D eigenvalue weighted by Gasteiger charge is 2.43. The molecule has 8 nitrogen and oxygen atoms in total. The van der Waals surface area contributed by atoms with Crippen LogP contribution in [-0.2, 0) is 20.2 Å². The molecule has 3 aliphatic rings. The van der Waals surface area contributed by atoms with Crippen molar-refractivity contribution in [2.75, 3.05) is 37.1 Å². The molecule has 0 aliphatic carbocycles. The van der Waals surface area contributed by atoms with Crippen molar-refractivity contribution >= 4 is 50.4 Å². The first-order valence-electron chi connectivity index (χ1n) is 12.0. The van der Waals surface area contributed by atoms with Gasteiger partial charge in [0, 0.05) is 24.2 Å². The van der Waals surface area contributed by atoms with E-state index in [1.165, 1.54) is 31.3 Å². The van der Waals surface area contributed by atoms with Crippen LogP contribution < -0.4 is 14.8 Å². The number of ether oxygens (including phenoxy) is 4. The first kappa shape index (κ1) is 23.8. The molecule has 0 saturated carbocycles. The molecule has 3 aromatic rings. The van der Waals surface area contributed by atoms with E-state index in [1.54, 1.807) is 13.2 Å². The monoisotopic (exact) mass is 532 g/mol. The number of nitrogens with zero attached hydrogens (tertiary/aromatic N) is 3. The summed E-state index contributed by atoms with van der Waals surface area (Å²) in [5, 5.41) is 4.23. The highest BCUT2D eigenvalue weighted by molar-refractivity contribution is 7.87. The Morgan fingerprint density at radius 3 is 2.89 bits per heavy atom. The molecule has 2 aromatic carbocycles. The molecule has 0 amide bonds. The predicted molar refractivity (Wildman–Crippen MR) is 138 cm³/mol. The molecule has 11 heteroatoms. The van der Waals surface area contributed by atoms with Gasteiger partial charge in [0.1, 0.15) is 35.5 Å². The lowest BCUT2D eigenvalue weighted by molar-refractivity contribution is 0.0310. The Morgan fingerprint density at radius 1 is 1.19 bits per heavy atom. The lowest BCUT2D eigenvalue weighted by Crippen LogP contribution is -2.32. The van der Waals surface area contributed by atoms with Crippen LogP contribution in [0.2, 0.25) is 5.02 Å². The quantitative estimate of drug-likeness (QED) is 0.458. The average Bonchev–Trinajstić information content (AvgIpc) is 3.62. The Bertz CT molecular complexity index is 1340. The standard InChI is InChI=1S/C25H26ClFN4O4S/c1-32-23-17(31-36-8-2-3-9-36)11-16-21(22(23)26)25(29-13-28-16)30-15-5-4-14(27)10-19(15)35-20-12-34-18-6-7-33-24(18)20/h4-5,10-11,13,18,20,24H,2-3,6-9,12H2,1H3,(H,28,29,30)/t18-,20?,24+/m1/s1. The second-order valence-electron chi connectivity index (χ2n) is 8.95. The van der Waals surface area contributed by atoms with E-state index in [2.05, 4.69) is 15.3 Å². The van der Waals surface area contributed by atoms with Gasteiger partial charge in [0.15, 0.2) is 11.9 Å². The van der Waals surface area contributed by atoms with Gasteiger partial charge in [-0.05, 0) is 37.5 Å². The number of benzene rings is 2. The Kier molecular flexibility index (Phi) is 6.68. The third kappa shape index (κ3) is 4.51. The van der Waals surface area contributed by atoms with Gasteiger partial charge < -0.3 is 24.3 Å². The van der Waals surface area contributed by atoms with Crippen molar-refractivity contribution in [2.45, 2.75) is 37.6 Å². The van der Waals surface area contributed by atoms with Gasteiger partial charge in [-0.15, -0.1) is 0 Å².